The Labute approximate surface area is 173 Å². The van der Waals surface area contributed by atoms with Crippen LogP contribution in [0.4, 0.5) is 4.39 Å². The summed E-state index contributed by atoms with van der Waals surface area (Å²) in [4.78, 5) is 8.41. The maximum absolute atomic E-state index is 13.0. The van der Waals surface area contributed by atoms with Gasteiger partial charge in [-0.15, -0.1) is 0 Å². The number of aryl methyl sites for hydroxylation is 1. The van der Waals surface area contributed by atoms with Crippen molar-refractivity contribution in [3.63, 3.8) is 0 Å². The first-order chi connectivity index (χ1) is 14.4. The van der Waals surface area contributed by atoms with E-state index in [9.17, 15) is 12.8 Å². The summed E-state index contributed by atoms with van der Waals surface area (Å²) in [5, 5.41) is 0.0273. The van der Waals surface area contributed by atoms with Gasteiger partial charge >= 0.3 is 0 Å². The van der Waals surface area contributed by atoms with Crippen molar-refractivity contribution in [3.8, 4) is 22.8 Å². The van der Waals surface area contributed by atoms with Crippen LogP contribution < -0.4 is 4.74 Å². The van der Waals surface area contributed by atoms with Crippen molar-refractivity contribution in [2.24, 2.45) is 7.05 Å². The highest BCUT2D eigenvalue weighted by Crippen LogP contribution is 2.25. The molecule has 0 atom stereocenters. The number of rotatable bonds is 6. The Morgan fingerprint density at radius 3 is 2.27 bits per heavy atom. The molecule has 30 heavy (non-hydrogen) atoms. The second-order valence-corrected chi connectivity index (χ2v) is 8.67. The van der Waals surface area contributed by atoms with Crippen LogP contribution in [-0.4, -0.2) is 23.0 Å². The molecule has 0 fully saturated rings. The number of halogens is 1. The summed E-state index contributed by atoms with van der Waals surface area (Å²) in [5.74, 6) is 0.570. The van der Waals surface area contributed by atoms with Gasteiger partial charge < -0.3 is 9.30 Å². The van der Waals surface area contributed by atoms with E-state index in [1.165, 1.54) is 24.7 Å². The monoisotopic (exact) mass is 423 g/mol. The molecule has 0 aliphatic rings. The van der Waals surface area contributed by atoms with E-state index in [1.807, 2.05) is 18.2 Å². The molecule has 0 unspecified atom stereocenters. The summed E-state index contributed by atoms with van der Waals surface area (Å²) < 4.78 is 45.4. The molecule has 0 aliphatic heterocycles. The smallest absolute Gasteiger partial charge is 0.202 e. The molecular formula is C22H18FN3O3S. The average Bonchev–Trinajstić information content (AvgIpc) is 3.18. The lowest BCUT2D eigenvalue weighted by atomic mass is 10.1. The summed E-state index contributed by atoms with van der Waals surface area (Å²) in [5.41, 5.74) is 1.90. The molecule has 0 aliphatic carbocycles. The van der Waals surface area contributed by atoms with E-state index in [0.29, 0.717) is 22.9 Å². The Morgan fingerprint density at radius 2 is 1.63 bits per heavy atom. The summed E-state index contributed by atoms with van der Waals surface area (Å²) in [7, 11) is -1.86. The summed E-state index contributed by atoms with van der Waals surface area (Å²) in [6.45, 7) is 0. The first-order valence-electron chi connectivity index (χ1n) is 9.09. The second-order valence-electron chi connectivity index (χ2n) is 6.73. The first-order valence-corrected chi connectivity index (χ1v) is 10.7. The van der Waals surface area contributed by atoms with Crippen LogP contribution in [0.2, 0.25) is 0 Å². The Kier molecular flexibility index (Phi) is 5.33. The summed E-state index contributed by atoms with van der Waals surface area (Å²) in [6.07, 6.45) is 2.92. The van der Waals surface area contributed by atoms with Crippen LogP contribution in [-0.2, 0) is 22.6 Å². The standard InChI is InChI=1S/C22H18FN3O3S/c1-26-13-22(24-15-26)30(27,28)14-18-3-2-4-21(25-18)16-5-9-19(10-6-16)29-20-11-7-17(23)8-12-20/h2-13,15H,14H2,1H3. The maximum Gasteiger partial charge on any atom is 0.202 e. The Balaban J connectivity index is 1.51. The van der Waals surface area contributed by atoms with Gasteiger partial charge in [0.2, 0.25) is 9.84 Å². The third-order valence-electron chi connectivity index (χ3n) is 4.34. The highest BCUT2D eigenvalue weighted by atomic mass is 32.2. The Bertz CT molecular complexity index is 1270. The minimum Gasteiger partial charge on any atom is -0.457 e. The molecule has 6 nitrogen and oxygen atoms in total. The minimum atomic E-state index is -3.58. The van der Waals surface area contributed by atoms with E-state index in [4.69, 9.17) is 4.74 Å². The highest BCUT2D eigenvalue weighted by molar-refractivity contribution is 7.90. The zero-order chi connectivity index (χ0) is 21.1. The van der Waals surface area contributed by atoms with Crippen LogP contribution in [0, 0.1) is 5.82 Å². The molecule has 0 N–H and O–H groups in total. The molecule has 0 spiro atoms. The van der Waals surface area contributed by atoms with Gasteiger partial charge in [0.1, 0.15) is 17.3 Å². The van der Waals surface area contributed by atoms with Crippen LogP contribution in [0.5, 0.6) is 11.5 Å². The van der Waals surface area contributed by atoms with Gasteiger partial charge in [-0.2, -0.15) is 0 Å². The van der Waals surface area contributed by atoms with Crippen molar-refractivity contribution in [1.82, 2.24) is 14.5 Å². The third-order valence-corrected chi connectivity index (χ3v) is 5.87. The fourth-order valence-corrected chi connectivity index (χ4v) is 4.10. The molecule has 0 saturated carbocycles. The van der Waals surface area contributed by atoms with Crippen molar-refractivity contribution < 1.29 is 17.5 Å². The number of ether oxygens (including phenoxy) is 1. The second kappa shape index (κ2) is 8.08. The van der Waals surface area contributed by atoms with Crippen LogP contribution in [0.15, 0.2) is 84.3 Å². The SMILES string of the molecule is Cn1cnc(S(=O)(=O)Cc2cccc(-c3ccc(Oc4ccc(F)cc4)cc3)n2)c1. The molecule has 0 radical (unpaired) electrons. The molecular weight excluding hydrogens is 405 g/mol. The number of benzene rings is 2. The van der Waals surface area contributed by atoms with Crippen molar-refractivity contribution >= 4 is 9.84 Å². The zero-order valence-electron chi connectivity index (χ0n) is 16.1. The molecule has 8 heteroatoms. The van der Waals surface area contributed by atoms with Crippen LogP contribution >= 0.6 is 0 Å². The van der Waals surface area contributed by atoms with Crippen LogP contribution in [0.25, 0.3) is 11.3 Å². The average molecular weight is 423 g/mol. The summed E-state index contributed by atoms with van der Waals surface area (Å²) in [6, 6.07) is 18.2. The molecule has 152 valence electrons. The van der Waals surface area contributed by atoms with E-state index >= 15 is 0 Å². The van der Waals surface area contributed by atoms with E-state index < -0.39 is 9.84 Å². The molecule has 2 heterocycles. The minimum absolute atomic E-state index is 0.0273. The van der Waals surface area contributed by atoms with Crippen molar-refractivity contribution in [3.05, 3.63) is 90.8 Å². The largest absolute Gasteiger partial charge is 0.457 e. The fraction of sp³-hybridized carbons (Fsp3) is 0.0909. The molecule has 0 saturated heterocycles. The molecule has 0 amide bonds. The van der Waals surface area contributed by atoms with E-state index in [-0.39, 0.29) is 16.6 Å². The quantitative estimate of drug-likeness (QED) is 0.460. The first kappa shape index (κ1) is 19.8. The van der Waals surface area contributed by atoms with Gasteiger partial charge in [-0.3, -0.25) is 4.98 Å². The lowest BCUT2D eigenvalue weighted by molar-refractivity contribution is 0.480. The maximum atomic E-state index is 13.0. The van der Waals surface area contributed by atoms with Crippen molar-refractivity contribution in [2.45, 2.75) is 10.8 Å². The number of aromatic nitrogens is 3. The molecule has 4 aromatic rings. The fourth-order valence-electron chi connectivity index (χ4n) is 2.87. The predicted octanol–water partition coefficient (Wildman–Crippen LogP) is 4.39. The topological polar surface area (TPSA) is 74.1 Å². The normalized spacial score (nSPS) is 11.4. The van der Waals surface area contributed by atoms with Gasteiger partial charge in [0.15, 0.2) is 5.03 Å². The third kappa shape index (κ3) is 4.55. The molecule has 2 aromatic heterocycles. The summed E-state index contributed by atoms with van der Waals surface area (Å²) >= 11 is 0. The zero-order valence-corrected chi connectivity index (χ0v) is 16.9. The number of sulfone groups is 1. The lowest BCUT2D eigenvalue weighted by Gasteiger charge is -2.08. The van der Waals surface area contributed by atoms with Gasteiger partial charge in [-0.1, -0.05) is 6.07 Å². The van der Waals surface area contributed by atoms with Gasteiger partial charge in [0, 0.05) is 18.8 Å². The number of pyridine rings is 1. The number of hydrogen-bond donors (Lipinski definition) is 0. The van der Waals surface area contributed by atoms with Crippen molar-refractivity contribution in [1.29, 1.82) is 0 Å². The number of nitrogens with zero attached hydrogens (tertiary/aromatic N) is 3. The highest BCUT2D eigenvalue weighted by Gasteiger charge is 2.19. The van der Waals surface area contributed by atoms with Crippen LogP contribution in [0.1, 0.15) is 5.69 Å². The predicted molar refractivity (Wildman–Crippen MR) is 110 cm³/mol. The van der Waals surface area contributed by atoms with Gasteiger partial charge in [0.05, 0.1) is 23.5 Å². The molecule has 4 rings (SSSR count). The Morgan fingerprint density at radius 1 is 0.967 bits per heavy atom. The molecule has 2 aromatic carbocycles. The van der Waals surface area contributed by atoms with Gasteiger partial charge in [-0.05, 0) is 60.7 Å². The van der Waals surface area contributed by atoms with Crippen molar-refractivity contribution in [2.75, 3.05) is 0 Å². The number of imidazole rings is 1. The number of hydrogen-bond acceptors (Lipinski definition) is 5. The lowest BCUT2D eigenvalue weighted by Crippen LogP contribution is -2.07. The Hall–Kier alpha value is -3.52. The van der Waals surface area contributed by atoms with Gasteiger partial charge in [-0.25, -0.2) is 17.8 Å². The van der Waals surface area contributed by atoms with E-state index in [0.717, 1.165) is 5.56 Å². The van der Waals surface area contributed by atoms with E-state index in [2.05, 4.69) is 9.97 Å². The van der Waals surface area contributed by atoms with Gasteiger partial charge in [0.25, 0.3) is 0 Å². The van der Waals surface area contributed by atoms with Crippen LogP contribution in [0.3, 0.4) is 0 Å². The van der Waals surface area contributed by atoms with E-state index in [1.54, 1.807) is 48.0 Å². The molecule has 0 bridgehead atoms.